The Morgan fingerprint density at radius 2 is 1.48 bits per heavy atom. The predicted octanol–water partition coefficient (Wildman–Crippen LogP) is 5.67. The highest BCUT2D eigenvalue weighted by atomic mass is 35.5. The van der Waals surface area contributed by atoms with Crippen LogP contribution in [0.25, 0.3) is 0 Å². The van der Waals surface area contributed by atoms with Crippen molar-refractivity contribution in [3.05, 3.63) is 52.9 Å². The van der Waals surface area contributed by atoms with Crippen LogP contribution in [0.5, 0.6) is 0 Å². The summed E-state index contributed by atoms with van der Waals surface area (Å²) in [6.45, 7) is 0. The molecule has 2 nitrogen and oxygen atoms in total. The largest absolute Gasteiger partial charge is 0.384 e. The molecule has 1 aliphatic rings. The van der Waals surface area contributed by atoms with Gasteiger partial charge in [-0.1, -0.05) is 81.2 Å². The van der Waals surface area contributed by atoms with E-state index < -0.39 is 11.7 Å². The molecular formula is C12H5Cl7O2. The quantitative estimate of drug-likeness (QED) is 0.446. The number of aliphatic hydroxyl groups excluding tert-OH is 1. The molecule has 2 rings (SSSR count). The second kappa shape index (κ2) is 6.27. The SMILES string of the molecule is OC1C(Cl)=C(Cl)C(Cl)=CC1(O)c1cc(Cl)c(Cl)c(Cl)c1Cl. The van der Waals surface area contributed by atoms with Crippen molar-refractivity contribution in [1.82, 2.24) is 0 Å². The average Bonchev–Trinajstić information content (AvgIpc) is 2.44. The van der Waals surface area contributed by atoms with Gasteiger partial charge in [0.2, 0.25) is 0 Å². The normalized spacial score (nSPS) is 26.1. The zero-order valence-electron chi connectivity index (χ0n) is 9.77. The average molecular weight is 429 g/mol. The first kappa shape index (κ1) is 18.0. The molecule has 0 heterocycles. The number of halogens is 7. The Kier molecular flexibility index (Phi) is 5.38. The summed E-state index contributed by atoms with van der Waals surface area (Å²) in [6, 6.07) is 1.27. The second-order valence-corrected chi connectivity index (χ2v) is 6.96. The summed E-state index contributed by atoms with van der Waals surface area (Å²) in [5, 5.41) is 20.5. The Balaban J connectivity index is 2.73. The number of hydrogen-bond donors (Lipinski definition) is 2. The molecule has 0 saturated heterocycles. The van der Waals surface area contributed by atoms with Gasteiger partial charge >= 0.3 is 0 Å². The lowest BCUT2D eigenvalue weighted by molar-refractivity contribution is -0.0222. The van der Waals surface area contributed by atoms with Crippen LogP contribution in [0.2, 0.25) is 20.1 Å². The van der Waals surface area contributed by atoms with Crippen molar-refractivity contribution in [1.29, 1.82) is 0 Å². The van der Waals surface area contributed by atoms with Crippen molar-refractivity contribution in [2.75, 3.05) is 0 Å². The highest BCUT2D eigenvalue weighted by molar-refractivity contribution is 6.52. The second-order valence-electron chi connectivity index (χ2n) is 4.23. The van der Waals surface area contributed by atoms with Crippen molar-refractivity contribution in [2.45, 2.75) is 11.7 Å². The number of allylic oxidation sites excluding steroid dienone is 2. The minimum absolute atomic E-state index is 0.00321. The monoisotopic (exact) mass is 426 g/mol. The fourth-order valence-corrected chi connectivity index (χ4v) is 3.55. The lowest BCUT2D eigenvalue weighted by Gasteiger charge is -2.35. The van der Waals surface area contributed by atoms with E-state index in [9.17, 15) is 10.2 Å². The third-order valence-corrected chi connectivity index (χ3v) is 6.00. The minimum Gasteiger partial charge on any atom is -0.384 e. The van der Waals surface area contributed by atoms with Gasteiger partial charge in [0, 0.05) is 5.56 Å². The molecular weight excluding hydrogens is 424 g/mol. The molecule has 0 saturated carbocycles. The molecule has 21 heavy (non-hydrogen) atoms. The third kappa shape index (κ3) is 2.91. The molecule has 0 spiro atoms. The van der Waals surface area contributed by atoms with E-state index in [1.54, 1.807) is 0 Å². The van der Waals surface area contributed by atoms with E-state index in [1.165, 1.54) is 6.07 Å². The molecule has 2 atom stereocenters. The number of aliphatic hydroxyl groups is 2. The van der Waals surface area contributed by atoms with Gasteiger partial charge < -0.3 is 10.2 Å². The molecule has 0 bridgehead atoms. The van der Waals surface area contributed by atoms with E-state index in [4.69, 9.17) is 81.2 Å². The molecule has 1 aromatic rings. The zero-order valence-corrected chi connectivity index (χ0v) is 15.1. The molecule has 0 aliphatic heterocycles. The summed E-state index contributed by atoms with van der Waals surface area (Å²) in [5.74, 6) is 0. The Labute approximate surface area is 155 Å². The van der Waals surface area contributed by atoms with Crippen molar-refractivity contribution in [2.24, 2.45) is 0 Å². The lowest BCUT2D eigenvalue weighted by atomic mass is 9.84. The summed E-state index contributed by atoms with van der Waals surface area (Å²) in [6.07, 6.45) is -0.491. The van der Waals surface area contributed by atoms with Gasteiger partial charge in [-0.15, -0.1) is 0 Å². The van der Waals surface area contributed by atoms with Crippen LogP contribution in [0, 0.1) is 0 Å². The summed E-state index contributed by atoms with van der Waals surface area (Å²) >= 11 is 41.4. The highest BCUT2D eigenvalue weighted by Gasteiger charge is 2.44. The van der Waals surface area contributed by atoms with Crippen molar-refractivity contribution < 1.29 is 10.2 Å². The molecule has 2 unspecified atom stereocenters. The molecule has 0 fully saturated rings. The van der Waals surface area contributed by atoms with E-state index in [0.29, 0.717) is 0 Å². The van der Waals surface area contributed by atoms with E-state index >= 15 is 0 Å². The van der Waals surface area contributed by atoms with Crippen LogP contribution in [0.15, 0.2) is 27.2 Å². The van der Waals surface area contributed by atoms with Gasteiger partial charge in [0.05, 0.1) is 35.2 Å². The predicted molar refractivity (Wildman–Crippen MR) is 89.1 cm³/mol. The lowest BCUT2D eigenvalue weighted by Crippen LogP contribution is -2.40. The topological polar surface area (TPSA) is 40.5 Å². The van der Waals surface area contributed by atoms with Crippen LogP contribution in [-0.4, -0.2) is 16.3 Å². The smallest absolute Gasteiger partial charge is 0.142 e. The van der Waals surface area contributed by atoms with Crippen molar-refractivity contribution >= 4 is 81.2 Å². The summed E-state index contributed by atoms with van der Waals surface area (Å²) in [5.41, 5.74) is -2.06. The van der Waals surface area contributed by atoms with Crippen molar-refractivity contribution in [3.63, 3.8) is 0 Å². The van der Waals surface area contributed by atoms with Crippen LogP contribution >= 0.6 is 81.2 Å². The van der Waals surface area contributed by atoms with E-state index in [2.05, 4.69) is 0 Å². The van der Waals surface area contributed by atoms with Gasteiger partial charge in [-0.2, -0.15) is 0 Å². The minimum atomic E-state index is -2.05. The van der Waals surface area contributed by atoms with Gasteiger partial charge in [0.1, 0.15) is 11.7 Å². The number of hydrogen-bond acceptors (Lipinski definition) is 2. The Morgan fingerprint density at radius 1 is 0.905 bits per heavy atom. The Bertz CT molecular complexity index is 683. The molecule has 0 radical (unpaired) electrons. The number of benzene rings is 1. The molecule has 2 N–H and O–H groups in total. The van der Waals surface area contributed by atoms with Crippen LogP contribution in [0.4, 0.5) is 0 Å². The molecule has 0 aromatic heterocycles. The maximum absolute atomic E-state index is 10.8. The van der Waals surface area contributed by atoms with Gasteiger partial charge in [0.15, 0.2) is 0 Å². The maximum atomic E-state index is 10.8. The molecule has 0 amide bonds. The maximum Gasteiger partial charge on any atom is 0.142 e. The Hall–Kier alpha value is 0.650. The fourth-order valence-electron chi connectivity index (χ4n) is 1.85. The standard InChI is InChI=1S/C12H5Cl7O2/c13-4-1-3(6(15)9(18)7(4)16)12(21)2-5(14)8(17)10(19)11(12)20/h1-2,11,20-21H. The first-order valence-corrected chi connectivity index (χ1v) is 7.93. The third-order valence-electron chi connectivity index (χ3n) is 2.96. The number of rotatable bonds is 1. The van der Waals surface area contributed by atoms with Crippen LogP contribution in [0.3, 0.4) is 0 Å². The fraction of sp³-hybridized carbons (Fsp3) is 0.167. The van der Waals surface area contributed by atoms with Crippen LogP contribution < -0.4 is 0 Å². The first-order valence-electron chi connectivity index (χ1n) is 5.29. The first-order chi connectivity index (χ1) is 9.61. The molecule has 1 aliphatic carbocycles. The zero-order chi connectivity index (χ0) is 16.1. The van der Waals surface area contributed by atoms with E-state index in [1.807, 2.05) is 0 Å². The molecule has 1 aromatic carbocycles. The van der Waals surface area contributed by atoms with E-state index in [0.717, 1.165) is 6.08 Å². The van der Waals surface area contributed by atoms with Crippen LogP contribution in [-0.2, 0) is 5.60 Å². The van der Waals surface area contributed by atoms with Gasteiger partial charge in [0.25, 0.3) is 0 Å². The van der Waals surface area contributed by atoms with Gasteiger partial charge in [-0.25, -0.2) is 0 Å². The van der Waals surface area contributed by atoms with Crippen LogP contribution in [0.1, 0.15) is 5.56 Å². The Morgan fingerprint density at radius 3 is 2.05 bits per heavy atom. The highest BCUT2D eigenvalue weighted by Crippen LogP contribution is 2.48. The van der Waals surface area contributed by atoms with E-state index in [-0.39, 0.29) is 40.8 Å². The van der Waals surface area contributed by atoms with Gasteiger partial charge in [-0.3, -0.25) is 0 Å². The summed E-state index contributed by atoms with van der Waals surface area (Å²) in [7, 11) is 0. The summed E-state index contributed by atoms with van der Waals surface area (Å²) in [4.78, 5) is 0. The summed E-state index contributed by atoms with van der Waals surface area (Å²) < 4.78 is 0. The molecule has 114 valence electrons. The van der Waals surface area contributed by atoms with Crippen molar-refractivity contribution in [3.8, 4) is 0 Å². The molecule has 9 heteroatoms. The van der Waals surface area contributed by atoms with Gasteiger partial charge in [-0.05, 0) is 12.1 Å².